The van der Waals surface area contributed by atoms with E-state index in [0.717, 1.165) is 23.3 Å². The summed E-state index contributed by atoms with van der Waals surface area (Å²) in [7, 11) is 0. The number of hydrogen-bond acceptors (Lipinski definition) is 2. The fourth-order valence-corrected chi connectivity index (χ4v) is 2.16. The third-order valence-electron chi connectivity index (χ3n) is 3.54. The molecule has 2 aromatic carbocycles. The van der Waals surface area contributed by atoms with Crippen LogP contribution in [0.3, 0.4) is 0 Å². The van der Waals surface area contributed by atoms with Gasteiger partial charge in [-0.3, -0.25) is 9.59 Å². The molecule has 2 N–H and O–H groups in total. The van der Waals surface area contributed by atoms with Crippen molar-refractivity contribution in [3.05, 3.63) is 70.8 Å². The van der Waals surface area contributed by atoms with E-state index in [1.165, 1.54) is 0 Å². The number of aryl methyl sites for hydroxylation is 1. The van der Waals surface area contributed by atoms with E-state index < -0.39 is 23.4 Å². The van der Waals surface area contributed by atoms with Gasteiger partial charge in [0.15, 0.2) is 0 Å². The molecule has 0 aromatic heterocycles. The second kappa shape index (κ2) is 7.68. The molecular formula is C18H18F2N2O2. The summed E-state index contributed by atoms with van der Waals surface area (Å²) in [6, 6.07) is 10.1. The molecule has 2 aromatic rings. The van der Waals surface area contributed by atoms with Crippen molar-refractivity contribution in [2.45, 2.75) is 19.9 Å². The maximum absolute atomic E-state index is 13.5. The van der Waals surface area contributed by atoms with Gasteiger partial charge in [-0.15, -0.1) is 0 Å². The van der Waals surface area contributed by atoms with Crippen LogP contribution in [0.5, 0.6) is 0 Å². The van der Waals surface area contributed by atoms with E-state index in [2.05, 4.69) is 10.6 Å². The Morgan fingerprint density at radius 3 is 2.38 bits per heavy atom. The summed E-state index contributed by atoms with van der Waals surface area (Å²) in [5, 5.41) is 5.05. The van der Waals surface area contributed by atoms with Gasteiger partial charge in [0.05, 0.1) is 18.2 Å². The van der Waals surface area contributed by atoms with E-state index in [9.17, 15) is 18.4 Å². The molecule has 0 heterocycles. The first kappa shape index (κ1) is 17.6. The van der Waals surface area contributed by atoms with Crippen molar-refractivity contribution in [3.63, 3.8) is 0 Å². The van der Waals surface area contributed by atoms with Gasteiger partial charge in [-0.1, -0.05) is 29.8 Å². The minimum Gasteiger partial charge on any atom is -0.348 e. The van der Waals surface area contributed by atoms with Crippen molar-refractivity contribution in [3.8, 4) is 0 Å². The van der Waals surface area contributed by atoms with E-state index in [0.29, 0.717) is 6.07 Å². The summed E-state index contributed by atoms with van der Waals surface area (Å²) >= 11 is 0. The number of carbonyl (C=O) groups excluding carboxylic acids is 2. The van der Waals surface area contributed by atoms with E-state index in [-0.39, 0.29) is 18.2 Å². The molecule has 0 fully saturated rings. The number of nitrogens with one attached hydrogen (secondary N) is 2. The predicted octanol–water partition coefficient (Wildman–Crippen LogP) is 2.88. The molecule has 2 amide bonds. The minimum atomic E-state index is -0.971. The van der Waals surface area contributed by atoms with E-state index in [4.69, 9.17) is 0 Å². The first-order valence-electron chi connectivity index (χ1n) is 7.46. The van der Waals surface area contributed by atoms with Crippen LogP contribution in [0.25, 0.3) is 0 Å². The van der Waals surface area contributed by atoms with Gasteiger partial charge in [0.2, 0.25) is 5.91 Å². The molecular weight excluding hydrogens is 314 g/mol. The number of benzene rings is 2. The Morgan fingerprint density at radius 2 is 1.75 bits per heavy atom. The Labute approximate surface area is 138 Å². The number of halogens is 2. The summed E-state index contributed by atoms with van der Waals surface area (Å²) in [6.45, 7) is 3.49. The Balaban J connectivity index is 1.88. The van der Waals surface area contributed by atoms with E-state index >= 15 is 0 Å². The Kier molecular flexibility index (Phi) is 5.63. The number of hydrogen-bond donors (Lipinski definition) is 2. The first-order valence-corrected chi connectivity index (χ1v) is 7.46. The molecule has 0 aliphatic carbocycles. The van der Waals surface area contributed by atoms with Gasteiger partial charge in [-0.05, 0) is 31.5 Å². The standard InChI is InChI=1S/C18H18F2N2O2/c1-11-3-5-13(6-4-11)12(2)22-17(23)10-21-18(24)15-8-7-14(19)9-16(15)20/h3-9,12H,10H2,1-2H3,(H,21,24)(H,22,23). The quantitative estimate of drug-likeness (QED) is 0.884. The van der Waals surface area contributed by atoms with E-state index in [1.54, 1.807) is 0 Å². The molecule has 126 valence electrons. The van der Waals surface area contributed by atoms with Crippen molar-refractivity contribution in [2.24, 2.45) is 0 Å². The first-order chi connectivity index (χ1) is 11.4. The third-order valence-corrected chi connectivity index (χ3v) is 3.54. The molecule has 1 atom stereocenters. The molecule has 24 heavy (non-hydrogen) atoms. The van der Waals surface area contributed by atoms with Gasteiger partial charge in [-0.2, -0.15) is 0 Å². The maximum Gasteiger partial charge on any atom is 0.254 e. The lowest BCUT2D eigenvalue weighted by Gasteiger charge is -2.15. The smallest absolute Gasteiger partial charge is 0.254 e. The lowest BCUT2D eigenvalue weighted by molar-refractivity contribution is -0.120. The molecule has 0 saturated heterocycles. The van der Waals surface area contributed by atoms with Gasteiger partial charge < -0.3 is 10.6 Å². The summed E-state index contributed by atoms with van der Waals surface area (Å²) in [5.41, 5.74) is 1.74. The SMILES string of the molecule is Cc1ccc(C(C)NC(=O)CNC(=O)c2ccc(F)cc2F)cc1. The second-order valence-electron chi connectivity index (χ2n) is 5.51. The summed E-state index contributed by atoms with van der Waals surface area (Å²) < 4.78 is 26.3. The molecule has 0 spiro atoms. The zero-order valence-corrected chi connectivity index (χ0v) is 13.4. The number of rotatable bonds is 5. The summed E-state index contributed by atoms with van der Waals surface area (Å²) in [6.07, 6.45) is 0. The second-order valence-corrected chi connectivity index (χ2v) is 5.51. The van der Waals surface area contributed by atoms with Crippen LogP contribution in [0.2, 0.25) is 0 Å². The molecule has 0 aliphatic rings. The van der Waals surface area contributed by atoms with Crippen LogP contribution in [-0.4, -0.2) is 18.4 Å². The lowest BCUT2D eigenvalue weighted by Crippen LogP contribution is -2.38. The Hall–Kier alpha value is -2.76. The Morgan fingerprint density at radius 1 is 1.08 bits per heavy atom. The topological polar surface area (TPSA) is 58.2 Å². The van der Waals surface area contributed by atoms with Gasteiger partial charge in [0, 0.05) is 6.07 Å². The fourth-order valence-electron chi connectivity index (χ4n) is 2.16. The van der Waals surface area contributed by atoms with Crippen molar-refractivity contribution in [1.82, 2.24) is 10.6 Å². The van der Waals surface area contributed by atoms with Crippen LogP contribution in [0.4, 0.5) is 8.78 Å². The van der Waals surface area contributed by atoms with Crippen molar-refractivity contribution < 1.29 is 18.4 Å². The highest BCUT2D eigenvalue weighted by atomic mass is 19.1. The number of amides is 2. The maximum atomic E-state index is 13.5. The molecule has 0 saturated carbocycles. The van der Waals surface area contributed by atoms with Crippen LogP contribution in [0, 0.1) is 18.6 Å². The lowest BCUT2D eigenvalue weighted by atomic mass is 10.1. The largest absolute Gasteiger partial charge is 0.348 e. The average Bonchev–Trinajstić information content (AvgIpc) is 2.53. The number of carbonyl (C=O) groups is 2. The van der Waals surface area contributed by atoms with Crippen LogP contribution in [-0.2, 0) is 4.79 Å². The average molecular weight is 332 g/mol. The predicted molar refractivity (Wildman–Crippen MR) is 86.4 cm³/mol. The van der Waals surface area contributed by atoms with Gasteiger partial charge in [0.25, 0.3) is 5.91 Å². The van der Waals surface area contributed by atoms with Crippen molar-refractivity contribution >= 4 is 11.8 Å². The monoisotopic (exact) mass is 332 g/mol. The minimum absolute atomic E-state index is 0.224. The molecule has 0 aliphatic heterocycles. The van der Waals surface area contributed by atoms with Crippen LogP contribution in [0.15, 0.2) is 42.5 Å². The highest BCUT2D eigenvalue weighted by Crippen LogP contribution is 2.13. The van der Waals surface area contributed by atoms with Crippen molar-refractivity contribution in [1.29, 1.82) is 0 Å². The van der Waals surface area contributed by atoms with Gasteiger partial charge in [-0.25, -0.2) is 8.78 Å². The van der Waals surface area contributed by atoms with Crippen LogP contribution in [0.1, 0.15) is 34.5 Å². The highest BCUT2D eigenvalue weighted by molar-refractivity contribution is 5.96. The van der Waals surface area contributed by atoms with E-state index in [1.807, 2.05) is 38.1 Å². The third kappa shape index (κ3) is 4.62. The molecule has 2 rings (SSSR count). The van der Waals surface area contributed by atoms with Crippen LogP contribution >= 0.6 is 0 Å². The zero-order chi connectivity index (χ0) is 17.7. The molecule has 1 unspecified atom stereocenters. The van der Waals surface area contributed by atoms with Crippen molar-refractivity contribution in [2.75, 3.05) is 6.54 Å². The zero-order valence-electron chi connectivity index (χ0n) is 13.4. The van der Waals surface area contributed by atoms with Gasteiger partial charge >= 0.3 is 0 Å². The molecule has 0 radical (unpaired) electrons. The normalized spacial score (nSPS) is 11.7. The molecule has 4 nitrogen and oxygen atoms in total. The fraction of sp³-hybridized carbons (Fsp3) is 0.222. The summed E-state index contributed by atoms with van der Waals surface area (Å²) in [5.74, 6) is -2.92. The molecule has 6 heteroatoms. The van der Waals surface area contributed by atoms with Crippen LogP contribution < -0.4 is 10.6 Å². The summed E-state index contributed by atoms with van der Waals surface area (Å²) in [4.78, 5) is 23.7. The Bertz CT molecular complexity index is 745. The molecule has 0 bridgehead atoms. The highest BCUT2D eigenvalue weighted by Gasteiger charge is 2.14. The van der Waals surface area contributed by atoms with Gasteiger partial charge in [0.1, 0.15) is 11.6 Å².